The average molecular weight is 249 g/mol. The van der Waals surface area contributed by atoms with Gasteiger partial charge in [-0.25, -0.2) is 0 Å². The first-order valence-corrected chi connectivity index (χ1v) is 6.34. The number of amides is 1. The Hall–Kier alpha value is -1.55. The first-order chi connectivity index (χ1) is 8.58. The Morgan fingerprint density at radius 3 is 2.67 bits per heavy atom. The minimum absolute atomic E-state index is 0.0714. The zero-order valence-corrected chi connectivity index (χ0v) is 11.4. The summed E-state index contributed by atoms with van der Waals surface area (Å²) in [5.74, 6) is 0.913. The van der Waals surface area contributed by atoms with E-state index in [2.05, 4.69) is 24.5 Å². The molecule has 0 spiro atoms. The van der Waals surface area contributed by atoms with Crippen molar-refractivity contribution < 1.29 is 4.79 Å². The lowest BCUT2D eigenvalue weighted by Gasteiger charge is -2.20. The highest BCUT2D eigenvalue weighted by atomic mass is 16.1. The fraction of sp³-hybridized carbons (Fsp3) is 0.500. The molecule has 0 fully saturated rings. The molecule has 0 heterocycles. The van der Waals surface area contributed by atoms with Crippen LogP contribution >= 0.6 is 0 Å². The Balaban J connectivity index is 2.65. The molecule has 100 valence electrons. The van der Waals surface area contributed by atoms with Crippen molar-refractivity contribution in [3.8, 4) is 0 Å². The summed E-state index contributed by atoms with van der Waals surface area (Å²) in [7, 11) is 1.63. The molecule has 1 rings (SSSR count). The van der Waals surface area contributed by atoms with E-state index in [0.29, 0.717) is 23.9 Å². The molecule has 0 aliphatic carbocycles. The van der Waals surface area contributed by atoms with Crippen LogP contribution in [0.15, 0.2) is 24.3 Å². The fourth-order valence-electron chi connectivity index (χ4n) is 1.75. The van der Waals surface area contributed by atoms with Crippen LogP contribution in [-0.4, -0.2) is 26.0 Å². The number of benzene rings is 1. The summed E-state index contributed by atoms with van der Waals surface area (Å²) in [6, 6.07) is 7.49. The zero-order chi connectivity index (χ0) is 13.5. The van der Waals surface area contributed by atoms with Crippen molar-refractivity contribution in [1.82, 2.24) is 5.32 Å². The zero-order valence-electron chi connectivity index (χ0n) is 11.4. The summed E-state index contributed by atoms with van der Waals surface area (Å²) >= 11 is 0. The van der Waals surface area contributed by atoms with Gasteiger partial charge in [0.25, 0.3) is 5.91 Å². The average Bonchev–Trinajstić information content (AvgIpc) is 2.38. The molecule has 0 saturated carbocycles. The lowest BCUT2D eigenvalue weighted by molar-refractivity contribution is 0.0963. The smallest absolute Gasteiger partial charge is 0.251 e. The van der Waals surface area contributed by atoms with Gasteiger partial charge in [0.05, 0.1) is 0 Å². The molecular weight excluding hydrogens is 226 g/mol. The van der Waals surface area contributed by atoms with Gasteiger partial charge in [-0.3, -0.25) is 4.79 Å². The first kappa shape index (κ1) is 14.5. The monoisotopic (exact) mass is 249 g/mol. The quantitative estimate of drug-likeness (QED) is 0.718. The highest BCUT2D eigenvalue weighted by molar-refractivity contribution is 5.94. The Bertz CT molecular complexity index is 390. The SMILES string of the molecule is CNC(=O)c1cccc(NCC(CN)C(C)C)c1. The number of carbonyl (C=O) groups excluding carboxylic acids is 1. The number of carbonyl (C=O) groups is 1. The maximum absolute atomic E-state index is 11.5. The van der Waals surface area contributed by atoms with E-state index < -0.39 is 0 Å². The van der Waals surface area contributed by atoms with Crippen LogP contribution in [0.1, 0.15) is 24.2 Å². The molecule has 0 aliphatic heterocycles. The number of hydrogen-bond acceptors (Lipinski definition) is 3. The molecule has 4 N–H and O–H groups in total. The van der Waals surface area contributed by atoms with Crippen molar-refractivity contribution in [1.29, 1.82) is 0 Å². The molecule has 18 heavy (non-hydrogen) atoms. The highest BCUT2D eigenvalue weighted by Gasteiger charge is 2.11. The largest absolute Gasteiger partial charge is 0.385 e. The summed E-state index contributed by atoms with van der Waals surface area (Å²) in [5.41, 5.74) is 7.35. The molecule has 4 nitrogen and oxygen atoms in total. The second-order valence-corrected chi connectivity index (χ2v) is 4.78. The van der Waals surface area contributed by atoms with Crippen LogP contribution in [0.25, 0.3) is 0 Å². The Morgan fingerprint density at radius 2 is 2.11 bits per heavy atom. The van der Waals surface area contributed by atoms with Crippen LogP contribution in [-0.2, 0) is 0 Å². The number of anilines is 1. The van der Waals surface area contributed by atoms with E-state index in [1.165, 1.54) is 0 Å². The second-order valence-electron chi connectivity index (χ2n) is 4.78. The van der Waals surface area contributed by atoms with Crippen molar-refractivity contribution in [2.75, 3.05) is 25.5 Å². The topological polar surface area (TPSA) is 67.2 Å². The van der Waals surface area contributed by atoms with Crippen molar-refractivity contribution in [3.63, 3.8) is 0 Å². The molecule has 4 heteroatoms. The molecule has 0 saturated heterocycles. The molecule has 1 aromatic rings. The number of nitrogens with one attached hydrogen (secondary N) is 2. The van der Waals surface area contributed by atoms with Crippen molar-refractivity contribution in [3.05, 3.63) is 29.8 Å². The van der Waals surface area contributed by atoms with Gasteiger partial charge in [0.15, 0.2) is 0 Å². The van der Waals surface area contributed by atoms with Gasteiger partial charge >= 0.3 is 0 Å². The number of hydrogen-bond donors (Lipinski definition) is 3. The first-order valence-electron chi connectivity index (χ1n) is 6.34. The van der Waals surface area contributed by atoms with Crippen LogP contribution in [0.3, 0.4) is 0 Å². The van der Waals surface area contributed by atoms with Crippen LogP contribution in [0, 0.1) is 11.8 Å². The van der Waals surface area contributed by atoms with Gasteiger partial charge in [-0.05, 0) is 36.6 Å². The van der Waals surface area contributed by atoms with Crippen molar-refractivity contribution in [2.24, 2.45) is 17.6 Å². The highest BCUT2D eigenvalue weighted by Crippen LogP contribution is 2.14. The maximum atomic E-state index is 11.5. The Kier molecular flexibility index (Phi) is 5.65. The van der Waals surface area contributed by atoms with Gasteiger partial charge in [0.1, 0.15) is 0 Å². The molecule has 1 aromatic carbocycles. The van der Waals surface area contributed by atoms with E-state index in [9.17, 15) is 4.79 Å². The lowest BCUT2D eigenvalue weighted by Crippen LogP contribution is -2.27. The molecule has 0 radical (unpaired) electrons. The van der Waals surface area contributed by atoms with E-state index in [0.717, 1.165) is 12.2 Å². The van der Waals surface area contributed by atoms with Gasteiger partial charge in [0, 0.05) is 24.8 Å². The van der Waals surface area contributed by atoms with Gasteiger partial charge in [-0.15, -0.1) is 0 Å². The van der Waals surface area contributed by atoms with Crippen molar-refractivity contribution in [2.45, 2.75) is 13.8 Å². The summed E-state index contributed by atoms with van der Waals surface area (Å²) in [6.07, 6.45) is 0. The minimum Gasteiger partial charge on any atom is -0.385 e. The number of nitrogens with two attached hydrogens (primary N) is 1. The molecule has 0 aliphatic rings. The van der Waals surface area contributed by atoms with E-state index in [4.69, 9.17) is 5.73 Å². The van der Waals surface area contributed by atoms with Crippen LogP contribution < -0.4 is 16.4 Å². The molecular formula is C14H23N3O. The summed E-state index contributed by atoms with van der Waals surface area (Å²) in [4.78, 5) is 11.5. The maximum Gasteiger partial charge on any atom is 0.251 e. The van der Waals surface area contributed by atoms with Gasteiger partial charge in [-0.2, -0.15) is 0 Å². The van der Waals surface area contributed by atoms with E-state index in [-0.39, 0.29) is 5.91 Å². The molecule has 1 unspecified atom stereocenters. The standard InChI is InChI=1S/C14H23N3O/c1-10(2)12(8-15)9-17-13-6-4-5-11(7-13)14(18)16-3/h4-7,10,12,17H,8-9,15H2,1-3H3,(H,16,18). The van der Waals surface area contributed by atoms with E-state index in [1.54, 1.807) is 13.1 Å². The molecule has 1 amide bonds. The predicted molar refractivity (Wildman–Crippen MR) is 75.7 cm³/mol. The van der Waals surface area contributed by atoms with Crippen molar-refractivity contribution >= 4 is 11.6 Å². The summed E-state index contributed by atoms with van der Waals surface area (Å²) < 4.78 is 0. The molecule has 0 aromatic heterocycles. The molecule has 1 atom stereocenters. The van der Waals surface area contributed by atoms with Crippen LogP contribution in [0.2, 0.25) is 0 Å². The van der Waals surface area contributed by atoms with Crippen LogP contribution in [0.4, 0.5) is 5.69 Å². The predicted octanol–water partition coefficient (Wildman–Crippen LogP) is 1.69. The van der Waals surface area contributed by atoms with E-state index >= 15 is 0 Å². The summed E-state index contributed by atoms with van der Waals surface area (Å²) in [5, 5.41) is 5.95. The van der Waals surface area contributed by atoms with Gasteiger partial charge in [0.2, 0.25) is 0 Å². The Morgan fingerprint density at radius 1 is 1.39 bits per heavy atom. The molecule has 0 bridgehead atoms. The second kappa shape index (κ2) is 7.01. The van der Waals surface area contributed by atoms with Gasteiger partial charge < -0.3 is 16.4 Å². The third kappa shape index (κ3) is 4.04. The van der Waals surface area contributed by atoms with Gasteiger partial charge in [-0.1, -0.05) is 19.9 Å². The Labute approximate surface area is 109 Å². The fourth-order valence-corrected chi connectivity index (χ4v) is 1.75. The van der Waals surface area contributed by atoms with Crippen LogP contribution in [0.5, 0.6) is 0 Å². The third-order valence-corrected chi connectivity index (χ3v) is 3.17. The third-order valence-electron chi connectivity index (χ3n) is 3.17. The number of rotatable bonds is 6. The summed E-state index contributed by atoms with van der Waals surface area (Å²) in [6.45, 7) is 5.82. The van der Waals surface area contributed by atoms with E-state index in [1.807, 2.05) is 18.2 Å². The lowest BCUT2D eigenvalue weighted by atomic mass is 9.96. The minimum atomic E-state index is -0.0714. The normalized spacial score (nSPS) is 12.3.